The van der Waals surface area contributed by atoms with Crippen LogP contribution >= 0.6 is 0 Å². The summed E-state index contributed by atoms with van der Waals surface area (Å²) < 4.78 is 13.6. The lowest BCUT2D eigenvalue weighted by Gasteiger charge is -2.07. The number of hydrogen-bond acceptors (Lipinski definition) is 2. The summed E-state index contributed by atoms with van der Waals surface area (Å²) in [6.45, 7) is 1.80. The third-order valence-corrected chi connectivity index (χ3v) is 2.81. The van der Waals surface area contributed by atoms with Gasteiger partial charge in [0.1, 0.15) is 5.82 Å². The quantitative estimate of drug-likeness (QED) is 0.885. The van der Waals surface area contributed by atoms with E-state index >= 15 is 0 Å². The van der Waals surface area contributed by atoms with Crippen LogP contribution in [0.2, 0.25) is 0 Å². The molecule has 2 N–H and O–H groups in total. The second kappa shape index (κ2) is 5.52. The van der Waals surface area contributed by atoms with Crippen LogP contribution in [0.1, 0.15) is 15.9 Å². The van der Waals surface area contributed by atoms with Crippen molar-refractivity contribution < 1.29 is 9.18 Å². The zero-order valence-corrected chi connectivity index (χ0v) is 10.8. The number of carbonyl (C=O) groups is 1. The third-order valence-electron chi connectivity index (χ3n) is 2.81. The Morgan fingerprint density at radius 3 is 2.37 bits per heavy atom. The van der Waals surface area contributed by atoms with Crippen molar-refractivity contribution in [2.45, 2.75) is 6.92 Å². The highest BCUT2D eigenvalue weighted by Crippen LogP contribution is 2.17. The highest BCUT2D eigenvalue weighted by atomic mass is 19.1. The van der Waals surface area contributed by atoms with E-state index in [2.05, 4.69) is 10.6 Å². The molecule has 0 aromatic heterocycles. The molecule has 0 atom stereocenters. The smallest absolute Gasteiger partial charge is 0.255 e. The second-order valence-electron chi connectivity index (χ2n) is 4.26. The molecular weight excluding hydrogens is 243 g/mol. The normalized spacial score (nSPS) is 10.1. The molecule has 0 bridgehead atoms. The van der Waals surface area contributed by atoms with Crippen LogP contribution < -0.4 is 10.6 Å². The fraction of sp³-hybridized carbons (Fsp3) is 0.133. The van der Waals surface area contributed by atoms with Crippen LogP contribution in [0, 0.1) is 12.7 Å². The molecule has 4 heteroatoms. The molecule has 2 rings (SSSR count). The number of anilines is 2. The molecular formula is C15H15FN2O. The molecule has 2 aromatic rings. The minimum absolute atomic E-state index is 0.188. The summed E-state index contributed by atoms with van der Waals surface area (Å²) >= 11 is 0. The topological polar surface area (TPSA) is 41.1 Å². The molecule has 0 saturated heterocycles. The van der Waals surface area contributed by atoms with Gasteiger partial charge >= 0.3 is 0 Å². The van der Waals surface area contributed by atoms with Crippen molar-refractivity contribution >= 4 is 17.3 Å². The number of nitrogens with one attached hydrogen (secondary N) is 2. The van der Waals surface area contributed by atoms with E-state index in [1.165, 1.54) is 6.07 Å². The molecule has 0 unspecified atom stereocenters. The molecule has 2 aromatic carbocycles. The maximum absolute atomic E-state index is 13.6. The van der Waals surface area contributed by atoms with Crippen molar-refractivity contribution in [3.05, 3.63) is 59.4 Å². The van der Waals surface area contributed by atoms with Gasteiger partial charge in [-0.15, -0.1) is 0 Å². The van der Waals surface area contributed by atoms with Gasteiger partial charge in [0.2, 0.25) is 0 Å². The van der Waals surface area contributed by atoms with E-state index in [0.717, 1.165) is 11.3 Å². The average Bonchev–Trinajstić information content (AvgIpc) is 2.42. The number of aryl methyl sites for hydroxylation is 1. The predicted octanol–water partition coefficient (Wildman–Crippen LogP) is 3.43. The number of carbonyl (C=O) groups excluding carboxylic acids is 1. The summed E-state index contributed by atoms with van der Waals surface area (Å²) in [6.07, 6.45) is 0. The highest BCUT2D eigenvalue weighted by Gasteiger charge is 2.09. The Morgan fingerprint density at radius 1 is 1.11 bits per heavy atom. The monoisotopic (exact) mass is 258 g/mol. The molecule has 0 saturated carbocycles. The molecule has 0 aliphatic carbocycles. The van der Waals surface area contributed by atoms with Crippen LogP contribution in [-0.2, 0) is 0 Å². The van der Waals surface area contributed by atoms with Gasteiger partial charge in [-0.2, -0.15) is 0 Å². The molecule has 0 aliphatic heterocycles. The van der Waals surface area contributed by atoms with E-state index in [1.807, 2.05) is 0 Å². The standard InChI is InChI=1S/C15H15FN2O/c1-10-3-8-14(13(16)9-10)18-15(19)11-4-6-12(17-2)7-5-11/h3-9,17H,1-2H3,(H,18,19). The van der Waals surface area contributed by atoms with Crippen LogP contribution in [0.5, 0.6) is 0 Å². The fourth-order valence-corrected chi connectivity index (χ4v) is 1.70. The predicted molar refractivity (Wildman–Crippen MR) is 75.1 cm³/mol. The van der Waals surface area contributed by atoms with Crippen LogP contribution in [0.15, 0.2) is 42.5 Å². The van der Waals surface area contributed by atoms with Crippen LogP contribution in [0.3, 0.4) is 0 Å². The molecule has 0 spiro atoms. The second-order valence-corrected chi connectivity index (χ2v) is 4.26. The molecule has 19 heavy (non-hydrogen) atoms. The summed E-state index contributed by atoms with van der Waals surface area (Å²) in [5.41, 5.74) is 2.40. The molecule has 0 fully saturated rings. The lowest BCUT2D eigenvalue weighted by Crippen LogP contribution is -2.13. The van der Waals surface area contributed by atoms with E-state index in [1.54, 1.807) is 50.4 Å². The SMILES string of the molecule is CNc1ccc(C(=O)Nc2ccc(C)cc2F)cc1. The molecule has 0 heterocycles. The number of amides is 1. The first-order valence-electron chi connectivity index (χ1n) is 5.95. The number of rotatable bonds is 3. The van der Waals surface area contributed by atoms with Crippen molar-refractivity contribution in [3.63, 3.8) is 0 Å². The van der Waals surface area contributed by atoms with E-state index in [9.17, 15) is 9.18 Å². The number of benzene rings is 2. The van der Waals surface area contributed by atoms with Crippen LogP contribution in [-0.4, -0.2) is 13.0 Å². The summed E-state index contributed by atoms with van der Waals surface area (Å²) in [5.74, 6) is -0.759. The maximum Gasteiger partial charge on any atom is 0.255 e. The summed E-state index contributed by atoms with van der Waals surface area (Å²) in [4.78, 5) is 12.0. The first-order valence-corrected chi connectivity index (χ1v) is 5.95. The largest absolute Gasteiger partial charge is 0.388 e. The number of halogens is 1. The molecule has 0 aliphatic rings. The Hall–Kier alpha value is -2.36. The van der Waals surface area contributed by atoms with E-state index < -0.39 is 5.82 Å². The van der Waals surface area contributed by atoms with E-state index in [-0.39, 0.29) is 11.6 Å². The average molecular weight is 258 g/mol. The van der Waals surface area contributed by atoms with Gasteiger partial charge in [0.25, 0.3) is 5.91 Å². The van der Waals surface area contributed by atoms with Gasteiger partial charge in [-0.1, -0.05) is 6.07 Å². The van der Waals surface area contributed by atoms with Gasteiger partial charge in [0.05, 0.1) is 5.69 Å². The lowest BCUT2D eigenvalue weighted by molar-refractivity contribution is 0.102. The van der Waals surface area contributed by atoms with Gasteiger partial charge in [-0.05, 0) is 48.9 Å². The summed E-state index contributed by atoms with van der Waals surface area (Å²) in [7, 11) is 1.80. The maximum atomic E-state index is 13.6. The zero-order chi connectivity index (χ0) is 13.8. The summed E-state index contributed by atoms with van der Waals surface area (Å²) in [5, 5.41) is 5.52. The molecule has 1 amide bonds. The highest BCUT2D eigenvalue weighted by molar-refractivity contribution is 6.04. The van der Waals surface area contributed by atoms with Crippen molar-refractivity contribution in [2.24, 2.45) is 0 Å². The zero-order valence-electron chi connectivity index (χ0n) is 10.8. The van der Waals surface area contributed by atoms with Crippen molar-refractivity contribution in [2.75, 3.05) is 17.7 Å². The van der Waals surface area contributed by atoms with Crippen molar-refractivity contribution in [3.8, 4) is 0 Å². The lowest BCUT2D eigenvalue weighted by atomic mass is 10.1. The van der Waals surface area contributed by atoms with E-state index in [0.29, 0.717) is 5.56 Å². The first-order chi connectivity index (χ1) is 9.10. The minimum Gasteiger partial charge on any atom is -0.388 e. The fourth-order valence-electron chi connectivity index (χ4n) is 1.70. The first kappa shape index (κ1) is 13.1. The van der Waals surface area contributed by atoms with Crippen molar-refractivity contribution in [1.29, 1.82) is 0 Å². The Balaban J connectivity index is 2.15. The van der Waals surface area contributed by atoms with Gasteiger partial charge in [-0.3, -0.25) is 4.79 Å². The van der Waals surface area contributed by atoms with Crippen LogP contribution in [0.25, 0.3) is 0 Å². The van der Waals surface area contributed by atoms with E-state index in [4.69, 9.17) is 0 Å². The Kier molecular flexibility index (Phi) is 3.80. The third kappa shape index (κ3) is 3.10. The Labute approximate surface area is 111 Å². The Bertz CT molecular complexity index is 594. The van der Waals surface area contributed by atoms with Gasteiger partial charge < -0.3 is 10.6 Å². The van der Waals surface area contributed by atoms with Crippen molar-refractivity contribution in [1.82, 2.24) is 0 Å². The minimum atomic E-state index is -0.430. The molecule has 3 nitrogen and oxygen atoms in total. The van der Waals surface area contributed by atoms with Gasteiger partial charge in [0, 0.05) is 18.3 Å². The van der Waals surface area contributed by atoms with Gasteiger partial charge in [-0.25, -0.2) is 4.39 Å². The number of hydrogen-bond donors (Lipinski definition) is 2. The molecule has 98 valence electrons. The Morgan fingerprint density at radius 2 is 1.79 bits per heavy atom. The molecule has 0 radical (unpaired) electrons. The van der Waals surface area contributed by atoms with Gasteiger partial charge in [0.15, 0.2) is 0 Å². The summed E-state index contributed by atoms with van der Waals surface area (Å²) in [6, 6.07) is 11.7. The van der Waals surface area contributed by atoms with Crippen LogP contribution in [0.4, 0.5) is 15.8 Å².